The third-order valence-electron chi connectivity index (χ3n) is 5.75. The molecule has 4 aromatic rings. The van der Waals surface area contributed by atoms with Gasteiger partial charge in [0.1, 0.15) is 24.3 Å². The number of rotatable bonds is 6. The van der Waals surface area contributed by atoms with Gasteiger partial charge in [0, 0.05) is 59.4 Å². The molecule has 2 aromatic heterocycles. The summed E-state index contributed by atoms with van der Waals surface area (Å²) in [4.78, 5) is 8.51. The second kappa shape index (κ2) is 7.97. The molecule has 1 aliphatic rings. The molecule has 0 saturated carbocycles. The number of hydrogen-bond acceptors (Lipinski definition) is 3. The summed E-state index contributed by atoms with van der Waals surface area (Å²) in [6.07, 6.45) is 6.13. The third kappa shape index (κ3) is 3.60. The average Bonchev–Trinajstić information content (AvgIpc) is 3.41. The fraction of sp³-hybridized carbons (Fsp3) is 0.250. The summed E-state index contributed by atoms with van der Waals surface area (Å²) in [6, 6.07) is 12.9. The van der Waals surface area contributed by atoms with Gasteiger partial charge >= 0.3 is 0 Å². The van der Waals surface area contributed by atoms with Gasteiger partial charge in [-0.05, 0) is 42.3 Å². The Morgan fingerprint density at radius 3 is 2.83 bits per heavy atom. The van der Waals surface area contributed by atoms with Gasteiger partial charge < -0.3 is 19.8 Å². The first-order chi connectivity index (χ1) is 14.7. The summed E-state index contributed by atoms with van der Waals surface area (Å²) in [6.45, 7) is 2.32. The zero-order valence-corrected chi connectivity index (χ0v) is 16.6. The molecule has 0 unspecified atom stereocenters. The van der Waals surface area contributed by atoms with E-state index >= 15 is 0 Å². The van der Waals surface area contributed by atoms with Crippen LogP contribution in [0.25, 0.3) is 27.4 Å². The van der Waals surface area contributed by atoms with Crippen molar-refractivity contribution < 1.29 is 14.2 Å². The Hall–Kier alpha value is -3.09. The molecule has 0 bridgehead atoms. The van der Waals surface area contributed by atoms with Crippen LogP contribution in [-0.4, -0.2) is 52.3 Å². The quantitative estimate of drug-likeness (QED) is 0.448. The second-order valence-electron chi connectivity index (χ2n) is 7.76. The smallest absolute Gasteiger partial charge is 0.133 e. The second-order valence-corrected chi connectivity index (χ2v) is 7.76. The molecule has 6 heteroatoms. The Morgan fingerprint density at radius 2 is 1.97 bits per heavy atom. The summed E-state index contributed by atoms with van der Waals surface area (Å²) in [5.41, 5.74) is 3.92. The molecule has 0 saturated heterocycles. The molecule has 0 fully saturated rings. The Labute approximate surface area is 173 Å². The molecule has 154 valence electrons. The minimum Gasteiger partial charge on any atom is -0.490 e. The molecular formula is C24H24FN3O2. The zero-order chi connectivity index (χ0) is 20.5. The van der Waals surface area contributed by atoms with E-state index in [2.05, 4.69) is 20.9 Å². The molecule has 30 heavy (non-hydrogen) atoms. The number of aliphatic hydroxyl groups excluding tert-OH is 1. The SMILES string of the molecule is O[C@H](COc1cccc2[nH]ccc12)CN1CC=C(c2c[nH]c3cccc(F)c23)CC1. The molecule has 1 aliphatic heterocycles. The number of benzene rings is 2. The van der Waals surface area contributed by atoms with Crippen molar-refractivity contribution in [3.05, 3.63) is 72.3 Å². The van der Waals surface area contributed by atoms with Crippen LogP contribution in [0.4, 0.5) is 4.39 Å². The average molecular weight is 405 g/mol. The van der Waals surface area contributed by atoms with Crippen molar-refractivity contribution in [2.24, 2.45) is 0 Å². The number of hydrogen-bond donors (Lipinski definition) is 3. The van der Waals surface area contributed by atoms with Crippen LogP contribution >= 0.6 is 0 Å². The molecule has 3 heterocycles. The third-order valence-corrected chi connectivity index (χ3v) is 5.75. The summed E-state index contributed by atoms with van der Waals surface area (Å²) in [5, 5.41) is 12.1. The highest BCUT2D eigenvalue weighted by molar-refractivity contribution is 5.93. The fourth-order valence-electron chi connectivity index (χ4n) is 4.23. The van der Waals surface area contributed by atoms with Gasteiger partial charge in [-0.25, -0.2) is 4.39 Å². The number of aromatic nitrogens is 2. The van der Waals surface area contributed by atoms with Gasteiger partial charge in [0.15, 0.2) is 0 Å². The Morgan fingerprint density at radius 1 is 1.10 bits per heavy atom. The van der Waals surface area contributed by atoms with Crippen molar-refractivity contribution in [3.63, 3.8) is 0 Å². The van der Waals surface area contributed by atoms with Crippen LogP contribution in [0.3, 0.4) is 0 Å². The van der Waals surface area contributed by atoms with Crippen LogP contribution in [0.1, 0.15) is 12.0 Å². The number of nitrogens with zero attached hydrogens (tertiary/aromatic N) is 1. The Bertz CT molecular complexity index is 1210. The zero-order valence-electron chi connectivity index (χ0n) is 16.6. The number of aliphatic hydroxyl groups is 1. The molecule has 0 aliphatic carbocycles. The Balaban J connectivity index is 1.20. The van der Waals surface area contributed by atoms with Crippen LogP contribution in [0.15, 0.2) is 60.9 Å². The number of β-amino-alcohol motifs (C(OH)–C–C–N with tert-alkyl or cyclic N) is 1. The number of aromatic amines is 2. The van der Waals surface area contributed by atoms with E-state index in [1.54, 1.807) is 6.07 Å². The number of H-pyrrole nitrogens is 2. The van der Waals surface area contributed by atoms with E-state index in [0.717, 1.165) is 52.8 Å². The van der Waals surface area contributed by atoms with E-state index in [9.17, 15) is 9.50 Å². The molecular weight excluding hydrogens is 381 g/mol. The predicted octanol–water partition coefficient (Wildman–Crippen LogP) is 4.32. The maximum atomic E-state index is 14.3. The van der Waals surface area contributed by atoms with Gasteiger partial charge in [0.25, 0.3) is 0 Å². The molecule has 0 spiro atoms. The summed E-state index contributed by atoms with van der Waals surface area (Å²) < 4.78 is 20.1. The van der Waals surface area contributed by atoms with E-state index in [1.165, 1.54) is 6.07 Å². The molecule has 3 N–H and O–H groups in total. The highest BCUT2D eigenvalue weighted by Gasteiger charge is 2.19. The van der Waals surface area contributed by atoms with Gasteiger partial charge in [0.05, 0.1) is 0 Å². The summed E-state index contributed by atoms with van der Waals surface area (Å²) in [5.74, 6) is 0.576. The van der Waals surface area contributed by atoms with Crippen LogP contribution in [0, 0.1) is 5.82 Å². The minimum atomic E-state index is -0.584. The first kappa shape index (κ1) is 18.9. The van der Waals surface area contributed by atoms with E-state index < -0.39 is 6.10 Å². The first-order valence-corrected chi connectivity index (χ1v) is 10.2. The fourth-order valence-corrected chi connectivity index (χ4v) is 4.23. The van der Waals surface area contributed by atoms with Crippen LogP contribution < -0.4 is 4.74 Å². The lowest BCUT2D eigenvalue weighted by Crippen LogP contribution is -2.38. The highest BCUT2D eigenvalue weighted by atomic mass is 19.1. The van der Waals surface area contributed by atoms with Crippen molar-refractivity contribution in [1.29, 1.82) is 0 Å². The maximum absolute atomic E-state index is 14.3. The monoisotopic (exact) mass is 405 g/mol. The molecule has 0 amide bonds. The van der Waals surface area contributed by atoms with Crippen molar-refractivity contribution >= 4 is 27.4 Å². The number of nitrogens with one attached hydrogen (secondary N) is 2. The van der Waals surface area contributed by atoms with Crippen LogP contribution in [-0.2, 0) is 0 Å². The summed E-state index contributed by atoms with van der Waals surface area (Å²) in [7, 11) is 0. The predicted molar refractivity (Wildman–Crippen MR) is 117 cm³/mol. The largest absolute Gasteiger partial charge is 0.490 e. The number of halogens is 1. The van der Waals surface area contributed by atoms with E-state index in [1.807, 2.05) is 42.7 Å². The normalized spacial score (nSPS) is 16.1. The van der Waals surface area contributed by atoms with Crippen molar-refractivity contribution in [2.45, 2.75) is 12.5 Å². The molecule has 0 radical (unpaired) electrons. The highest BCUT2D eigenvalue weighted by Crippen LogP contribution is 2.31. The van der Waals surface area contributed by atoms with E-state index in [4.69, 9.17) is 4.74 Å². The molecule has 1 atom stereocenters. The number of fused-ring (bicyclic) bond motifs is 2. The lowest BCUT2D eigenvalue weighted by atomic mass is 9.98. The molecule has 5 rings (SSSR count). The van der Waals surface area contributed by atoms with Gasteiger partial charge in [-0.2, -0.15) is 0 Å². The Kier molecular flexibility index (Phi) is 5.02. The maximum Gasteiger partial charge on any atom is 0.133 e. The van der Waals surface area contributed by atoms with Gasteiger partial charge in [-0.3, -0.25) is 4.90 Å². The van der Waals surface area contributed by atoms with E-state index in [0.29, 0.717) is 11.9 Å². The number of ether oxygens (including phenoxy) is 1. The van der Waals surface area contributed by atoms with E-state index in [-0.39, 0.29) is 12.4 Å². The van der Waals surface area contributed by atoms with Crippen LogP contribution in [0.5, 0.6) is 5.75 Å². The lowest BCUT2D eigenvalue weighted by Gasteiger charge is -2.28. The first-order valence-electron chi connectivity index (χ1n) is 10.2. The topological polar surface area (TPSA) is 64.3 Å². The van der Waals surface area contributed by atoms with Gasteiger partial charge in [-0.15, -0.1) is 0 Å². The van der Waals surface area contributed by atoms with Crippen LogP contribution in [0.2, 0.25) is 0 Å². The van der Waals surface area contributed by atoms with Crippen molar-refractivity contribution in [1.82, 2.24) is 14.9 Å². The standard InChI is InChI=1S/C24H24FN3O2/c25-20-3-1-5-22-24(20)19(13-27-22)16-8-11-28(12-9-16)14-17(29)15-30-23-6-2-4-21-18(23)7-10-26-21/h1-8,10,13,17,26-27,29H,9,11-12,14-15H2/t17-/m0/s1. The van der Waals surface area contributed by atoms with Gasteiger partial charge in [-0.1, -0.05) is 18.2 Å². The van der Waals surface area contributed by atoms with Crippen molar-refractivity contribution in [2.75, 3.05) is 26.2 Å². The lowest BCUT2D eigenvalue weighted by molar-refractivity contribution is 0.0722. The van der Waals surface area contributed by atoms with Crippen molar-refractivity contribution in [3.8, 4) is 5.75 Å². The minimum absolute atomic E-state index is 0.197. The summed E-state index contributed by atoms with van der Waals surface area (Å²) >= 11 is 0. The molecule has 5 nitrogen and oxygen atoms in total. The van der Waals surface area contributed by atoms with Gasteiger partial charge in [0.2, 0.25) is 0 Å². The molecule has 2 aromatic carbocycles.